The smallest absolute Gasteiger partial charge is 0.306 e. The van der Waals surface area contributed by atoms with E-state index < -0.39 is 28.6 Å². The number of Topliss-reactive ketones (excluding diaryl/α,β-unsaturated/α-hetero) is 1. The van der Waals surface area contributed by atoms with E-state index in [0.717, 1.165) is 25.7 Å². The van der Waals surface area contributed by atoms with Crippen LogP contribution < -0.4 is 0 Å². The molecule has 5 rings (SSSR count). The average molecular weight is 487 g/mol. The molecule has 5 nitrogen and oxygen atoms in total. The molecule has 5 aliphatic rings. The van der Waals surface area contributed by atoms with E-state index in [1.807, 2.05) is 13.8 Å². The second-order valence-corrected chi connectivity index (χ2v) is 14.5. The molecule has 0 radical (unpaired) electrons. The van der Waals surface area contributed by atoms with Gasteiger partial charge in [-0.25, -0.2) is 0 Å². The summed E-state index contributed by atoms with van der Waals surface area (Å²) in [6, 6.07) is 0. The minimum absolute atomic E-state index is 0.0316. The first-order chi connectivity index (χ1) is 16.0. The molecule has 35 heavy (non-hydrogen) atoms. The van der Waals surface area contributed by atoms with Crippen molar-refractivity contribution in [3.63, 3.8) is 0 Å². The van der Waals surface area contributed by atoms with Crippen molar-refractivity contribution in [2.45, 2.75) is 112 Å². The Bertz CT molecular complexity index is 983. The van der Waals surface area contributed by atoms with Crippen LogP contribution in [0.5, 0.6) is 0 Å². The third-order valence-electron chi connectivity index (χ3n) is 12.7. The van der Waals surface area contributed by atoms with Gasteiger partial charge in [-0.1, -0.05) is 60.1 Å². The van der Waals surface area contributed by atoms with E-state index in [2.05, 4.69) is 47.6 Å². The molecule has 3 saturated carbocycles. The van der Waals surface area contributed by atoms with Gasteiger partial charge in [-0.3, -0.25) is 9.59 Å². The molecule has 5 heteroatoms. The lowest BCUT2D eigenvalue weighted by atomic mass is 9.33. The topological polar surface area (TPSA) is 83.8 Å². The van der Waals surface area contributed by atoms with Gasteiger partial charge in [-0.05, 0) is 61.2 Å². The van der Waals surface area contributed by atoms with Gasteiger partial charge in [-0.15, -0.1) is 0 Å². The summed E-state index contributed by atoms with van der Waals surface area (Å²) in [6.45, 7) is 17.4. The van der Waals surface area contributed by atoms with Crippen LogP contribution in [0.15, 0.2) is 11.6 Å². The average Bonchev–Trinajstić information content (AvgIpc) is 2.82. The molecule has 4 fully saturated rings. The Labute approximate surface area is 211 Å². The van der Waals surface area contributed by atoms with Crippen LogP contribution in [0.3, 0.4) is 0 Å². The van der Waals surface area contributed by atoms with Crippen LogP contribution in [0, 0.1) is 51.2 Å². The second-order valence-electron chi connectivity index (χ2n) is 14.5. The monoisotopic (exact) mass is 486 g/mol. The first-order valence-electron chi connectivity index (χ1n) is 13.9. The molecular formula is C30H46O5. The van der Waals surface area contributed by atoms with Gasteiger partial charge in [0.1, 0.15) is 11.4 Å². The molecule has 0 amide bonds. The second kappa shape index (κ2) is 7.43. The fourth-order valence-corrected chi connectivity index (χ4v) is 10.3. The summed E-state index contributed by atoms with van der Waals surface area (Å²) >= 11 is 0. The highest BCUT2D eigenvalue weighted by Gasteiger charge is 2.72. The van der Waals surface area contributed by atoms with Crippen LogP contribution >= 0.6 is 0 Å². The molecule has 1 aliphatic heterocycles. The first-order valence-corrected chi connectivity index (χ1v) is 13.9. The number of fused-ring (bicyclic) bond motifs is 7. The lowest BCUT2D eigenvalue weighted by molar-refractivity contribution is -0.237. The summed E-state index contributed by atoms with van der Waals surface area (Å²) < 4.78 is 6.16. The fourth-order valence-electron chi connectivity index (χ4n) is 10.3. The molecule has 0 aromatic carbocycles. The molecule has 11 atom stereocenters. The predicted molar refractivity (Wildman–Crippen MR) is 134 cm³/mol. The van der Waals surface area contributed by atoms with E-state index in [-0.39, 0.29) is 58.6 Å². The van der Waals surface area contributed by atoms with Crippen molar-refractivity contribution in [2.75, 3.05) is 0 Å². The minimum atomic E-state index is -0.752. The standard InChI is InChI=1S/C30H46O5/c1-16-13-23(34)35-29(7)12-11-27(5)18(24(29)17(16)2)14-19(31)25-28(27,6)10-9-20-26(3,4)21(32)15-22(33)30(20,25)8/h14,16-17,19-20,22,24-25,31,33H,9-13,15H2,1-8H3/t16-,17+,19-,20+,22-,24+,25?,27-,28-,29-,30-/m1/s1. The van der Waals surface area contributed by atoms with Crippen LogP contribution in [0.2, 0.25) is 0 Å². The number of rotatable bonds is 0. The normalized spacial score (nSPS) is 55.4. The number of esters is 1. The minimum Gasteiger partial charge on any atom is -0.459 e. The molecule has 0 aromatic rings. The van der Waals surface area contributed by atoms with Gasteiger partial charge in [0, 0.05) is 35.5 Å². The lowest BCUT2D eigenvalue weighted by Crippen LogP contribution is -2.70. The number of ketones is 1. The maximum atomic E-state index is 13.0. The van der Waals surface area contributed by atoms with Gasteiger partial charge < -0.3 is 14.9 Å². The van der Waals surface area contributed by atoms with Gasteiger partial charge in [0.25, 0.3) is 0 Å². The van der Waals surface area contributed by atoms with Crippen LogP contribution in [-0.4, -0.2) is 39.8 Å². The molecule has 4 aliphatic carbocycles. The van der Waals surface area contributed by atoms with Gasteiger partial charge in [0.2, 0.25) is 0 Å². The summed E-state index contributed by atoms with van der Waals surface area (Å²) in [6.07, 6.45) is 4.72. The maximum Gasteiger partial charge on any atom is 0.306 e. The van der Waals surface area contributed by atoms with Crippen LogP contribution in [0.1, 0.15) is 93.9 Å². The number of hydrogen-bond donors (Lipinski definition) is 2. The summed E-state index contributed by atoms with van der Waals surface area (Å²) in [4.78, 5) is 25.6. The Balaban J connectivity index is 1.67. The number of aliphatic hydroxyl groups excluding tert-OH is 2. The third-order valence-corrected chi connectivity index (χ3v) is 12.7. The molecule has 1 heterocycles. The van der Waals surface area contributed by atoms with Crippen LogP contribution in [0.25, 0.3) is 0 Å². The number of ether oxygens (including phenoxy) is 1. The van der Waals surface area contributed by atoms with Gasteiger partial charge in [0.05, 0.1) is 12.2 Å². The van der Waals surface area contributed by atoms with Crippen molar-refractivity contribution in [2.24, 2.45) is 51.2 Å². The van der Waals surface area contributed by atoms with E-state index in [0.29, 0.717) is 6.42 Å². The molecule has 1 saturated heterocycles. The number of hydrogen-bond acceptors (Lipinski definition) is 5. The Morgan fingerprint density at radius 1 is 0.943 bits per heavy atom. The number of aliphatic hydroxyl groups is 2. The first kappa shape index (κ1) is 25.4. The summed E-state index contributed by atoms with van der Waals surface area (Å²) in [5.74, 6) is 0.452. The zero-order chi connectivity index (χ0) is 25.9. The largest absolute Gasteiger partial charge is 0.459 e. The number of carbonyl (C=O) groups excluding carboxylic acids is 2. The highest BCUT2D eigenvalue weighted by atomic mass is 16.6. The summed E-state index contributed by atoms with van der Waals surface area (Å²) in [5.41, 5.74) is -0.774. The number of carbonyl (C=O) groups is 2. The maximum absolute atomic E-state index is 13.0. The molecule has 196 valence electrons. The van der Waals surface area contributed by atoms with E-state index in [4.69, 9.17) is 4.74 Å². The Morgan fingerprint density at radius 3 is 2.26 bits per heavy atom. The SMILES string of the molecule is C[C@H]1[C@H](C)CC(=O)O[C@]2(C)CC[C@]3(C)C(=C[C@@H](O)C4[C@@]5(C)[C@H](O)CC(=O)C(C)(C)[C@@H]5CC[C@]43C)[C@H]12. The molecule has 1 unspecified atom stereocenters. The van der Waals surface area contributed by atoms with E-state index in [1.54, 1.807) is 0 Å². The predicted octanol–water partition coefficient (Wildman–Crippen LogP) is 5.08. The van der Waals surface area contributed by atoms with Gasteiger partial charge >= 0.3 is 5.97 Å². The van der Waals surface area contributed by atoms with Gasteiger partial charge in [0.15, 0.2) is 0 Å². The van der Waals surface area contributed by atoms with E-state index >= 15 is 0 Å². The molecule has 0 spiro atoms. The van der Waals surface area contributed by atoms with Crippen LogP contribution in [0.4, 0.5) is 0 Å². The van der Waals surface area contributed by atoms with E-state index in [9.17, 15) is 19.8 Å². The lowest BCUT2D eigenvalue weighted by Gasteiger charge is -2.71. The summed E-state index contributed by atoms with van der Waals surface area (Å²) in [7, 11) is 0. The van der Waals surface area contributed by atoms with Crippen molar-refractivity contribution in [3.05, 3.63) is 11.6 Å². The quantitative estimate of drug-likeness (QED) is 0.368. The van der Waals surface area contributed by atoms with Crippen molar-refractivity contribution < 1.29 is 24.5 Å². The highest BCUT2D eigenvalue weighted by Crippen LogP contribution is 2.74. The Hall–Kier alpha value is -1.20. The van der Waals surface area contributed by atoms with Crippen LogP contribution in [-0.2, 0) is 14.3 Å². The third kappa shape index (κ3) is 3.00. The van der Waals surface area contributed by atoms with Crippen molar-refractivity contribution >= 4 is 11.8 Å². The Morgan fingerprint density at radius 2 is 1.60 bits per heavy atom. The highest BCUT2D eigenvalue weighted by molar-refractivity contribution is 5.86. The zero-order valence-corrected chi connectivity index (χ0v) is 23.0. The molecule has 0 bridgehead atoms. The van der Waals surface area contributed by atoms with Gasteiger partial charge in [-0.2, -0.15) is 0 Å². The zero-order valence-electron chi connectivity index (χ0n) is 23.0. The Kier molecular flexibility index (Phi) is 5.40. The molecule has 2 N–H and O–H groups in total. The van der Waals surface area contributed by atoms with E-state index in [1.165, 1.54) is 5.57 Å². The fraction of sp³-hybridized carbons (Fsp3) is 0.867. The molecular weight excluding hydrogens is 440 g/mol. The van der Waals surface area contributed by atoms with Crippen molar-refractivity contribution in [1.82, 2.24) is 0 Å². The molecule has 0 aromatic heterocycles. The van der Waals surface area contributed by atoms with Crippen molar-refractivity contribution in [3.8, 4) is 0 Å². The summed E-state index contributed by atoms with van der Waals surface area (Å²) in [5, 5.41) is 23.4. The van der Waals surface area contributed by atoms with Crippen molar-refractivity contribution in [1.29, 1.82) is 0 Å².